The lowest BCUT2D eigenvalue weighted by Gasteiger charge is -2.36. The van der Waals surface area contributed by atoms with Crippen molar-refractivity contribution in [2.45, 2.75) is 18.9 Å². The van der Waals surface area contributed by atoms with Crippen LogP contribution in [0.1, 0.15) is 23.2 Å². The molecule has 1 heterocycles. The van der Waals surface area contributed by atoms with E-state index in [0.717, 1.165) is 18.5 Å². The molecule has 4 rings (SSSR count). The van der Waals surface area contributed by atoms with Gasteiger partial charge in [0.2, 0.25) is 0 Å². The van der Waals surface area contributed by atoms with Crippen molar-refractivity contribution in [1.82, 2.24) is 4.90 Å². The normalized spacial score (nSPS) is 16.1. The molecule has 1 aliphatic carbocycles. The maximum atomic E-state index is 12.9. The van der Waals surface area contributed by atoms with E-state index in [1.165, 1.54) is 0 Å². The fourth-order valence-corrected chi connectivity index (χ4v) is 3.76. The van der Waals surface area contributed by atoms with E-state index in [2.05, 4.69) is 10.2 Å². The largest absolute Gasteiger partial charge is 0.493 e. The molecule has 1 aliphatic heterocycles. The fraction of sp³-hybridized carbons (Fsp3) is 0.409. The van der Waals surface area contributed by atoms with E-state index in [1.807, 2.05) is 11.0 Å². The second-order valence-electron chi connectivity index (χ2n) is 7.73. The first kappa shape index (κ1) is 20.8. The van der Waals surface area contributed by atoms with Crippen LogP contribution in [0, 0.1) is 10.1 Å². The number of anilines is 2. The Kier molecular flexibility index (Phi) is 5.83. The lowest BCUT2D eigenvalue weighted by Crippen LogP contribution is -2.48. The molecule has 2 aliphatic rings. The monoisotopic (exact) mass is 426 g/mol. The van der Waals surface area contributed by atoms with Gasteiger partial charge in [0.15, 0.2) is 11.5 Å². The van der Waals surface area contributed by atoms with Crippen LogP contribution in [0.15, 0.2) is 36.4 Å². The molecule has 0 atom stereocenters. The van der Waals surface area contributed by atoms with Crippen molar-refractivity contribution in [3.8, 4) is 11.5 Å². The number of benzene rings is 2. The van der Waals surface area contributed by atoms with E-state index in [1.54, 1.807) is 44.6 Å². The average Bonchev–Trinajstić information content (AvgIpc) is 3.62. The number of methoxy groups -OCH3 is 2. The van der Waals surface area contributed by atoms with E-state index < -0.39 is 0 Å². The number of nitro groups is 1. The highest BCUT2D eigenvalue weighted by Crippen LogP contribution is 2.34. The van der Waals surface area contributed by atoms with Gasteiger partial charge in [0, 0.05) is 49.5 Å². The molecule has 1 saturated carbocycles. The van der Waals surface area contributed by atoms with E-state index in [9.17, 15) is 14.9 Å². The Hall–Kier alpha value is -3.49. The number of piperazine rings is 1. The number of rotatable bonds is 7. The van der Waals surface area contributed by atoms with Crippen LogP contribution in [-0.4, -0.2) is 62.2 Å². The summed E-state index contributed by atoms with van der Waals surface area (Å²) in [6.45, 7) is 2.44. The topological polar surface area (TPSA) is 97.2 Å². The summed E-state index contributed by atoms with van der Waals surface area (Å²) >= 11 is 0. The summed E-state index contributed by atoms with van der Waals surface area (Å²) in [6, 6.07) is 10.7. The Labute approximate surface area is 180 Å². The number of amides is 1. The summed E-state index contributed by atoms with van der Waals surface area (Å²) in [4.78, 5) is 27.9. The van der Waals surface area contributed by atoms with Gasteiger partial charge >= 0.3 is 0 Å². The number of nitrogens with zero attached hydrogens (tertiary/aromatic N) is 3. The van der Waals surface area contributed by atoms with Gasteiger partial charge < -0.3 is 24.6 Å². The molecule has 2 aromatic carbocycles. The first-order valence-corrected chi connectivity index (χ1v) is 10.3. The maximum absolute atomic E-state index is 12.9. The molecule has 0 aromatic heterocycles. The van der Waals surface area contributed by atoms with Crippen LogP contribution < -0.4 is 19.7 Å². The molecule has 1 N–H and O–H groups in total. The van der Waals surface area contributed by atoms with E-state index in [0.29, 0.717) is 55.0 Å². The molecule has 0 unspecified atom stereocenters. The smallest absolute Gasteiger partial charge is 0.292 e. The van der Waals surface area contributed by atoms with Crippen molar-refractivity contribution >= 4 is 23.0 Å². The Bertz CT molecular complexity index is 984. The minimum Gasteiger partial charge on any atom is -0.493 e. The number of carbonyl (C=O) groups excluding carboxylic acids is 1. The summed E-state index contributed by atoms with van der Waals surface area (Å²) in [6.07, 6.45) is 2.08. The maximum Gasteiger partial charge on any atom is 0.292 e. The average molecular weight is 426 g/mol. The van der Waals surface area contributed by atoms with Crippen LogP contribution in [0.5, 0.6) is 11.5 Å². The molecule has 2 fully saturated rings. The van der Waals surface area contributed by atoms with Gasteiger partial charge in [-0.3, -0.25) is 14.9 Å². The van der Waals surface area contributed by atoms with Crippen LogP contribution in [-0.2, 0) is 0 Å². The highest BCUT2D eigenvalue weighted by Gasteiger charge is 2.27. The summed E-state index contributed by atoms with van der Waals surface area (Å²) in [5, 5.41) is 14.6. The molecule has 9 nitrogen and oxygen atoms in total. The Morgan fingerprint density at radius 2 is 1.74 bits per heavy atom. The molecule has 0 spiro atoms. The predicted octanol–water partition coefficient (Wildman–Crippen LogP) is 3.15. The highest BCUT2D eigenvalue weighted by molar-refractivity contribution is 5.95. The van der Waals surface area contributed by atoms with E-state index >= 15 is 0 Å². The van der Waals surface area contributed by atoms with Gasteiger partial charge in [-0.25, -0.2) is 0 Å². The van der Waals surface area contributed by atoms with Crippen molar-refractivity contribution in [2.75, 3.05) is 50.6 Å². The second kappa shape index (κ2) is 8.71. The third-order valence-electron chi connectivity index (χ3n) is 5.68. The fourth-order valence-electron chi connectivity index (χ4n) is 3.76. The minimum absolute atomic E-state index is 0.0552. The number of nitrogens with one attached hydrogen (secondary N) is 1. The first-order valence-electron chi connectivity index (χ1n) is 10.3. The molecule has 0 bridgehead atoms. The van der Waals surface area contributed by atoms with Crippen LogP contribution in [0.2, 0.25) is 0 Å². The van der Waals surface area contributed by atoms with E-state index in [-0.39, 0.29) is 16.5 Å². The number of carbonyl (C=O) groups is 1. The van der Waals surface area contributed by atoms with Crippen molar-refractivity contribution in [3.05, 3.63) is 52.1 Å². The van der Waals surface area contributed by atoms with Crippen molar-refractivity contribution in [2.24, 2.45) is 0 Å². The Morgan fingerprint density at radius 1 is 1.03 bits per heavy atom. The van der Waals surface area contributed by atoms with E-state index in [4.69, 9.17) is 9.47 Å². The molecule has 9 heteroatoms. The van der Waals surface area contributed by atoms with Crippen LogP contribution in [0.25, 0.3) is 0 Å². The van der Waals surface area contributed by atoms with Crippen LogP contribution in [0.4, 0.5) is 17.1 Å². The van der Waals surface area contributed by atoms with Crippen molar-refractivity contribution in [3.63, 3.8) is 0 Å². The zero-order chi connectivity index (χ0) is 22.0. The number of hydrogen-bond donors (Lipinski definition) is 1. The van der Waals surface area contributed by atoms with Crippen molar-refractivity contribution < 1.29 is 19.2 Å². The molecular formula is C22H26N4O5. The van der Waals surface area contributed by atoms with Crippen LogP contribution in [0.3, 0.4) is 0 Å². The summed E-state index contributed by atoms with van der Waals surface area (Å²) < 4.78 is 10.5. The van der Waals surface area contributed by atoms with Crippen LogP contribution >= 0.6 is 0 Å². The summed E-state index contributed by atoms with van der Waals surface area (Å²) in [5.74, 6) is 1.05. The van der Waals surface area contributed by atoms with Gasteiger partial charge in [0.25, 0.3) is 11.6 Å². The molecule has 1 amide bonds. The molecule has 1 saturated heterocycles. The van der Waals surface area contributed by atoms with Gasteiger partial charge in [-0.15, -0.1) is 0 Å². The summed E-state index contributed by atoms with van der Waals surface area (Å²) in [7, 11) is 3.10. The molecule has 2 aromatic rings. The van der Waals surface area contributed by atoms with Gasteiger partial charge in [0.1, 0.15) is 5.69 Å². The lowest BCUT2D eigenvalue weighted by atomic mass is 10.1. The zero-order valence-corrected chi connectivity index (χ0v) is 17.7. The number of hydrogen-bond acceptors (Lipinski definition) is 7. The quantitative estimate of drug-likeness (QED) is 0.537. The van der Waals surface area contributed by atoms with Gasteiger partial charge in [-0.2, -0.15) is 0 Å². The van der Waals surface area contributed by atoms with Gasteiger partial charge in [-0.1, -0.05) is 0 Å². The third kappa shape index (κ3) is 4.50. The van der Waals surface area contributed by atoms with Crippen molar-refractivity contribution in [1.29, 1.82) is 0 Å². The predicted molar refractivity (Wildman–Crippen MR) is 117 cm³/mol. The lowest BCUT2D eigenvalue weighted by molar-refractivity contribution is -0.384. The van der Waals surface area contributed by atoms with Gasteiger partial charge in [0.05, 0.1) is 19.1 Å². The van der Waals surface area contributed by atoms with Gasteiger partial charge in [-0.05, 0) is 43.2 Å². The first-order chi connectivity index (χ1) is 15.0. The second-order valence-corrected chi connectivity index (χ2v) is 7.73. The zero-order valence-electron chi connectivity index (χ0n) is 17.7. The number of ether oxygens (including phenoxy) is 2. The summed E-state index contributed by atoms with van der Waals surface area (Å²) in [5.41, 5.74) is 2.14. The number of nitro benzene ring substituents is 1. The molecule has 0 radical (unpaired) electrons. The third-order valence-corrected chi connectivity index (χ3v) is 5.68. The molecule has 31 heavy (non-hydrogen) atoms. The Morgan fingerprint density at radius 3 is 2.35 bits per heavy atom. The standard InChI is InChI=1S/C22H26N4O5/c1-30-20-8-3-15(13-21(20)31-2)22(27)25-11-9-24(10-12-25)17-6-7-19(26(28)29)18(14-17)23-16-4-5-16/h3,6-8,13-14,16,23H,4-5,9-12H2,1-2H3. The highest BCUT2D eigenvalue weighted by atomic mass is 16.6. The molecule has 164 valence electrons. The minimum atomic E-state index is -0.353. The Balaban J connectivity index is 1.43. The molecular weight excluding hydrogens is 400 g/mol. The SMILES string of the molecule is COc1ccc(C(=O)N2CCN(c3ccc([N+](=O)[O-])c(NC4CC4)c3)CC2)cc1OC.